The molecule has 2 aromatic heterocycles. The molecule has 4 nitrogen and oxygen atoms in total. The molecule has 20 heavy (non-hydrogen) atoms. The lowest BCUT2D eigenvalue weighted by molar-refractivity contribution is -0.141. The summed E-state index contributed by atoms with van der Waals surface area (Å²) in [5.74, 6) is -0.0841. The summed E-state index contributed by atoms with van der Waals surface area (Å²) in [5.41, 5.74) is -0.149. The third-order valence-corrected chi connectivity index (χ3v) is 2.52. The number of nitriles is 1. The Morgan fingerprint density at radius 1 is 1.15 bits per heavy atom. The van der Waals surface area contributed by atoms with Gasteiger partial charge in [-0.2, -0.15) is 18.4 Å². The zero-order valence-corrected chi connectivity index (χ0v) is 10.1. The fraction of sp³-hybridized carbons (Fsp3) is 0.154. The number of hydrogen-bond donors (Lipinski definition) is 1. The summed E-state index contributed by atoms with van der Waals surface area (Å²) in [6.45, 7) is 0.255. The van der Waals surface area contributed by atoms with E-state index in [1.807, 2.05) is 0 Å². The topological polar surface area (TPSA) is 61.6 Å². The highest BCUT2D eigenvalue weighted by molar-refractivity contribution is 5.52. The van der Waals surface area contributed by atoms with E-state index < -0.39 is 11.9 Å². The zero-order valence-electron chi connectivity index (χ0n) is 10.1. The molecule has 0 aromatic carbocycles. The standard InChI is InChI=1S/C13H9F3N4/c14-13(15,16)11-2-1-10(7-17)12(20-11)19-8-9-3-5-18-6-4-9/h1-6H,8H2,(H,19,20). The Balaban J connectivity index is 2.24. The molecule has 7 heteroatoms. The van der Waals surface area contributed by atoms with Gasteiger partial charge in [0.1, 0.15) is 17.6 Å². The molecule has 0 unspecified atom stereocenters. The lowest BCUT2D eigenvalue weighted by Crippen LogP contribution is -2.11. The molecule has 2 aromatic rings. The van der Waals surface area contributed by atoms with Crippen LogP contribution < -0.4 is 5.32 Å². The first-order chi connectivity index (χ1) is 9.50. The van der Waals surface area contributed by atoms with Gasteiger partial charge in [0.05, 0.1) is 5.56 Å². The van der Waals surface area contributed by atoms with Crippen LogP contribution in [0.15, 0.2) is 36.7 Å². The van der Waals surface area contributed by atoms with Crippen molar-refractivity contribution in [3.05, 3.63) is 53.5 Å². The molecular weight excluding hydrogens is 269 g/mol. The van der Waals surface area contributed by atoms with Crippen molar-refractivity contribution in [3.8, 4) is 6.07 Å². The Labute approximate surface area is 112 Å². The summed E-state index contributed by atoms with van der Waals surface area (Å²) in [5, 5.41) is 11.6. The number of alkyl halides is 3. The van der Waals surface area contributed by atoms with E-state index in [0.29, 0.717) is 0 Å². The van der Waals surface area contributed by atoms with Crippen LogP contribution in [0.3, 0.4) is 0 Å². The van der Waals surface area contributed by atoms with Gasteiger partial charge in [-0.1, -0.05) is 0 Å². The van der Waals surface area contributed by atoms with Crippen LogP contribution in [0, 0.1) is 11.3 Å². The quantitative estimate of drug-likeness (QED) is 0.937. The van der Waals surface area contributed by atoms with Gasteiger partial charge < -0.3 is 5.32 Å². The molecule has 0 bridgehead atoms. The van der Waals surface area contributed by atoms with E-state index in [2.05, 4.69) is 15.3 Å². The highest BCUT2D eigenvalue weighted by atomic mass is 19.4. The van der Waals surface area contributed by atoms with E-state index >= 15 is 0 Å². The number of hydrogen-bond acceptors (Lipinski definition) is 4. The normalized spacial score (nSPS) is 10.9. The molecule has 0 atom stereocenters. The average Bonchev–Trinajstić information content (AvgIpc) is 2.45. The molecule has 0 aliphatic heterocycles. The van der Waals surface area contributed by atoms with E-state index in [1.54, 1.807) is 30.6 Å². The second kappa shape index (κ2) is 5.57. The maximum Gasteiger partial charge on any atom is 0.433 e. The number of rotatable bonds is 3. The Bertz CT molecular complexity index is 632. The first-order valence-corrected chi connectivity index (χ1v) is 5.62. The van der Waals surface area contributed by atoms with Crippen LogP contribution in [0.25, 0.3) is 0 Å². The Hall–Kier alpha value is -2.62. The molecule has 2 rings (SSSR count). The molecule has 0 aliphatic carbocycles. The monoisotopic (exact) mass is 278 g/mol. The van der Waals surface area contributed by atoms with Gasteiger partial charge in [0.25, 0.3) is 0 Å². The van der Waals surface area contributed by atoms with E-state index in [0.717, 1.165) is 17.7 Å². The minimum absolute atomic E-state index is 0.0621. The third-order valence-electron chi connectivity index (χ3n) is 2.52. The van der Waals surface area contributed by atoms with Crippen LogP contribution in [0.1, 0.15) is 16.8 Å². The van der Waals surface area contributed by atoms with Gasteiger partial charge in [0.15, 0.2) is 0 Å². The van der Waals surface area contributed by atoms with E-state index in [9.17, 15) is 13.2 Å². The van der Waals surface area contributed by atoms with Crippen molar-refractivity contribution in [2.75, 3.05) is 5.32 Å². The molecule has 0 amide bonds. The maximum atomic E-state index is 12.6. The molecule has 2 heterocycles. The Morgan fingerprint density at radius 3 is 2.45 bits per heavy atom. The van der Waals surface area contributed by atoms with Crippen molar-refractivity contribution >= 4 is 5.82 Å². The highest BCUT2D eigenvalue weighted by Crippen LogP contribution is 2.29. The van der Waals surface area contributed by atoms with E-state index in [4.69, 9.17) is 5.26 Å². The third kappa shape index (κ3) is 3.23. The molecular formula is C13H9F3N4. The van der Waals surface area contributed by atoms with Crippen molar-refractivity contribution in [1.29, 1.82) is 5.26 Å². The van der Waals surface area contributed by atoms with Gasteiger partial charge in [-0.3, -0.25) is 4.98 Å². The molecule has 0 saturated heterocycles. The average molecular weight is 278 g/mol. The van der Waals surface area contributed by atoms with Gasteiger partial charge >= 0.3 is 6.18 Å². The molecule has 0 spiro atoms. The summed E-state index contributed by atoms with van der Waals surface area (Å²) in [6.07, 6.45) is -1.40. The second-order valence-electron chi connectivity index (χ2n) is 3.91. The molecule has 0 aliphatic rings. The Kier molecular flexibility index (Phi) is 3.84. The number of halogens is 3. The van der Waals surface area contributed by atoms with E-state index in [1.165, 1.54) is 0 Å². The Morgan fingerprint density at radius 2 is 1.85 bits per heavy atom. The smallest absolute Gasteiger partial charge is 0.365 e. The molecule has 0 fully saturated rings. The van der Waals surface area contributed by atoms with Crippen LogP contribution >= 0.6 is 0 Å². The fourth-order valence-electron chi connectivity index (χ4n) is 1.53. The minimum atomic E-state index is -4.54. The van der Waals surface area contributed by atoms with Crippen molar-refractivity contribution in [1.82, 2.24) is 9.97 Å². The van der Waals surface area contributed by atoms with Gasteiger partial charge in [-0.05, 0) is 29.8 Å². The van der Waals surface area contributed by atoms with E-state index in [-0.39, 0.29) is 17.9 Å². The number of aromatic nitrogens is 2. The summed E-state index contributed by atoms with van der Waals surface area (Å²) < 4.78 is 37.8. The fourth-order valence-corrected chi connectivity index (χ4v) is 1.53. The number of nitrogens with zero attached hydrogens (tertiary/aromatic N) is 3. The lowest BCUT2D eigenvalue weighted by atomic mass is 10.2. The minimum Gasteiger partial charge on any atom is -0.365 e. The molecule has 102 valence electrons. The van der Waals surface area contributed by atoms with Gasteiger partial charge in [-0.15, -0.1) is 0 Å². The summed E-state index contributed by atoms with van der Waals surface area (Å²) in [7, 11) is 0. The van der Waals surface area contributed by atoms with Crippen molar-refractivity contribution in [3.63, 3.8) is 0 Å². The summed E-state index contributed by atoms with van der Waals surface area (Å²) in [6, 6.07) is 7.13. The van der Waals surface area contributed by atoms with Crippen LogP contribution in [0.2, 0.25) is 0 Å². The van der Waals surface area contributed by atoms with Gasteiger partial charge in [-0.25, -0.2) is 4.98 Å². The van der Waals surface area contributed by atoms with Gasteiger partial charge in [0, 0.05) is 18.9 Å². The molecule has 1 N–H and O–H groups in total. The number of pyridine rings is 2. The number of anilines is 1. The zero-order chi connectivity index (χ0) is 14.6. The van der Waals surface area contributed by atoms with Crippen molar-refractivity contribution in [2.45, 2.75) is 12.7 Å². The SMILES string of the molecule is N#Cc1ccc(C(F)(F)F)nc1NCc1ccncc1. The maximum absolute atomic E-state index is 12.6. The second-order valence-corrected chi connectivity index (χ2v) is 3.91. The molecule has 0 saturated carbocycles. The van der Waals surface area contributed by atoms with Crippen LogP contribution in [-0.2, 0) is 12.7 Å². The van der Waals surface area contributed by atoms with Crippen LogP contribution in [0.5, 0.6) is 0 Å². The molecule has 0 radical (unpaired) electrons. The first-order valence-electron chi connectivity index (χ1n) is 5.62. The largest absolute Gasteiger partial charge is 0.433 e. The van der Waals surface area contributed by atoms with Crippen molar-refractivity contribution in [2.24, 2.45) is 0 Å². The van der Waals surface area contributed by atoms with Crippen LogP contribution in [0.4, 0.5) is 19.0 Å². The van der Waals surface area contributed by atoms with Crippen LogP contribution in [-0.4, -0.2) is 9.97 Å². The van der Waals surface area contributed by atoms with Gasteiger partial charge in [0.2, 0.25) is 0 Å². The predicted molar refractivity (Wildman–Crippen MR) is 65.5 cm³/mol. The predicted octanol–water partition coefficient (Wildman–Crippen LogP) is 2.98. The first kappa shape index (κ1) is 13.8. The summed E-state index contributed by atoms with van der Waals surface area (Å²) in [4.78, 5) is 7.29. The number of nitrogens with one attached hydrogen (secondary N) is 1. The lowest BCUT2D eigenvalue weighted by Gasteiger charge is -2.11. The summed E-state index contributed by atoms with van der Waals surface area (Å²) >= 11 is 0. The van der Waals surface area contributed by atoms with Crippen molar-refractivity contribution < 1.29 is 13.2 Å². The highest BCUT2D eigenvalue weighted by Gasteiger charge is 2.33.